The number of sulfonamides is 1. The second-order valence-electron chi connectivity index (χ2n) is 6.27. The van der Waals surface area contributed by atoms with Crippen molar-refractivity contribution in [3.63, 3.8) is 0 Å². The van der Waals surface area contributed by atoms with E-state index >= 15 is 0 Å². The maximum absolute atomic E-state index is 12.6. The third kappa shape index (κ3) is 6.54. The Morgan fingerprint density at radius 1 is 1.00 bits per heavy atom. The van der Waals surface area contributed by atoms with Crippen LogP contribution in [0.25, 0.3) is 0 Å². The molecule has 0 radical (unpaired) electrons. The van der Waals surface area contributed by atoms with Crippen LogP contribution in [0.3, 0.4) is 0 Å². The molecular formula is C21H18Cl2N2O4S2. The molecule has 162 valence electrons. The zero-order valence-corrected chi connectivity index (χ0v) is 19.4. The second-order valence-corrected chi connectivity index (χ2v) is 9.68. The summed E-state index contributed by atoms with van der Waals surface area (Å²) in [5.41, 5.74) is 1.02. The van der Waals surface area contributed by atoms with Crippen LogP contribution in [0.4, 0.5) is 11.4 Å². The van der Waals surface area contributed by atoms with Crippen LogP contribution in [0.1, 0.15) is 0 Å². The van der Waals surface area contributed by atoms with Crippen molar-refractivity contribution < 1.29 is 17.9 Å². The third-order valence-corrected chi connectivity index (χ3v) is 6.67. The van der Waals surface area contributed by atoms with Gasteiger partial charge in [0.05, 0.1) is 9.92 Å². The number of hydrogen-bond acceptors (Lipinski definition) is 5. The number of rotatable bonds is 8. The number of nitrogens with one attached hydrogen (secondary N) is 2. The van der Waals surface area contributed by atoms with Crippen molar-refractivity contribution in [3.05, 3.63) is 76.8 Å². The first-order valence-corrected chi connectivity index (χ1v) is 12.4. The van der Waals surface area contributed by atoms with Gasteiger partial charge in [0.15, 0.2) is 6.61 Å². The zero-order chi connectivity index (χ0) is 22.4. The Labute approximate surface area is 195 Å². The summed E-state index contributed by atoms with van der Waals surface area (Å²) in [6, 6.07) is 17.7. The number of halogens is 2. The Kier molecular flexibility index (Phi) is 7.72. The Balaban J connectivity index is 1.63. The fourth-order valence-electron chi connectivity index (χ4n) is 2.54. The summed E-state index contributed by atoms with van der Waals surface area (Å²) in [6.07, 6.45) is 1.95. The molecule has 0 bridgehead atoms. The topological polar surface area (TPSA) is 84.5 Å². The molecule has 0 aromatic heterocycles. The van der Waals surface area contributed by atoms with Crippen molar-refractivity contribution in [2.75, 3.05) is 22.9 Å². The van der Waals surface area contributed by atoms with Crippen LogP contribution in [0.15, 0.2) is 76.5 Å². The Hall–Kier alpha value is -2.39. The maximum Gasteiger partial charge on any atom is 0.262 e. The highest BCUT2D eigenvalue weighted by Gasteiger charge is 2.17. The molecule has 0 fully saturated rings. The molecule has 0 aliphatic heterocycles. The first kappa shape index (κ1) is 23.3. The molecule has 0 aliphatic carbocycles. The minimum absolute atomic E-state index is 0.0434. The Morgan fingerprint density at radius 2 is 1.74 bits per heavy atom. The van der Waals surface area contributed by atoms with Gasteiger partial charge in [0.25, 0.3) is 15.9 Å². The fraction of sp³-hybridized carbons (Fsp3) is 0.0952. The number of thioether (sulfide) groups is 1. The van der Waals surface area contributed by atoms with Gasteiger partial charge in [-0.05, 0) is 66.9 Å². The molecule has 0 heterocycles. The van der Waals surface area contributed by atoms with Crippen molar-refractivity contribution in [2.24, 2.45) is 0 Å². The van der Waals surface area contributed by atoms with Crippen molar-refractivity contribution in [1.82, 2.24) is 0 Å². The summed E-state index contributed by atoms with van der Waals surface area (Å²) in [4.78, 5) is 13.1. The molecule has 0 unspecified atom stereocenters. The number of carbonyl (C=O) groups is 1. The number of ether oxygens (including phenoxy) is 1. The number of amides is 1. The lowest BCUT2D eigenvalue weighted by molar-refractivity contribution is -0.118. The molecule has 3 aromatic rings. The highest BCUT2D eigenvalue weighted by Crippen LogP contribution is 2.28. The summed E-state index contributed by atoms with van der Waals surface area (Å²) < 4.78 is 33.0. The van der Waals surface area contributed by atoms with Crippen LogP contribution in [0, 0.1) is 0 Å². The standard InChI is InChI=1S/C21H18Cl2N2O4S2/c1-30-17-4-2-3-16(11-17)24-21(26)13-29-20-10-9-18(12-19(20)23)31(27,28)25-15-7-5-14(22)6-8-15/h2-12,25H,13H2,1H3,(H,24,26). The summed E-state index contributed by atoms with van der Waals surface area (Å²) in [5.74, 6) is -0.171. The van der Waals surface area contributed by atoms with Crippen LogP contribution in [0.5, 0.6) is 5.75 Å². The smallest absolute Gasteiger partial charge is 0.262 e. The molecule has 1 amide bonds. The molecule has 31 heavy (non-hydrogen) atoms. The summed E-state index contributed by atoms with van der Waals surface area (Å²) in [5, 5.41) is 3.30. The number of carbonyl (C=O) groups excluding carboxylic acids is 1. The maximum atomic E-state index is 12.6. The summed E-state index contributed by atoms with van der Waals surface area (Å²) in [7, 11) is -3.86. The Morgan fingerprint density at radius 3 is 2.42 bits per heavy atom. The predicted octanol–water partition coefficient (Wildman–Crippen LogP) is 5.53. The molecular weight excluding hydrogens is 479 g/mol. The number of benzene rings is 3. The van der Waals surface area contributed by atoms with E-state index in [0.29, 0.717) is 16.4 Å². The predicted molar refractivity (Wildman–Crippen MR) is 126 cm³/mol. The summed E-state index contributed by atoms with van der Waals surface area (Å²) >= 11 is 13.6. The van der Waals surface area contributed by atoms with E-state index in [1.54, 1.807) is 42.1 Å². The number of anilines is 2. The van der Waals surface area contributed by atoms with Gasteiger partial charge in [0, 0.05) is 21.3 Å². The minimum atomic E-state index is -3.86. The van der Waals surface area contributed by atoms with Gasteiger partial charge in [-0.2, -0.15) is 0 Å². The molecule has 0 saturated carbocycles. The first-order valence-electron chi connectivity index (χ1n) is 8.91. The van der Waals surface area contributed by atoms with E-state index in [1.165, 1.54) is 18.2 Å². The molecule has 2 N–H and O–H groups in total. The van der Waals surface area contributed by atoms with E-state index in [-0.39, 0.29) is 28.2 Å². The van der Waals surface area contributed by atoms with Crippen LogP contribution in [-0.4, -0.2) is 27.2 Å². The van der Waals surface area contributed by atoms with Gasteiger partial charge < -0.3 is 10.1 Å². The van der Waals surface area contributed by atoms with Crippen molar-refractivity contribution >= 4 is 62.3 Å². The third-order valence-electron chi connectivity index (χ3n) is 4.02. The number of hydrogen-bond donors (Lipinski definition) is 2. The molecule has 0 saturated heterocycles. The fourth-order valence-corrected chi connectivity index (χ4v) is 4.51. The van der Waals surface area contributed by atoms with Crippen molar-refractivity contribution in [3.8, 4) is 5.75 Å². The van der Waals surface area contributed by atoms with Gasteiger partial charge in [-0.25, -0.2) is 8.42 Å². The van der Waals surface area contributed by atoms with Crippen molar-refractivity contribution in [1.29, 1.82) is 0 Å². The van der Waals surface area contributed by atoms with E-state index in [2.05, 4.69) is 10.0 Å². The normalized spacial score (nSPS) is 11.1. The van der Waals surface area contributed by atoms with Gasteiger partial charge in [0.2, 0.25) is 0 Å². The minimum Gasteiger partial charge on any atom is -0.482 e. The lowest BCUT2D eigenvalue weighted by Crippen LogP contribution is -2.20. The average Bonchev–Trinajstić information content (AvgIpc) is 2.74. The van der Waals surface area contributed by atoms with E-state index in [1.807, 2.05) is 24.5 Å². The van der Waals surface area contributed by atoms with Gasteiger partial charge >= 0.3 is 0 Å². The monoisotopic (exact) mass is 496 g/mol. The van der Waals surface area contributed by atoms with Gasteiger partial charge in [-0.15, -0.1) is 11.8 Å². The molecule has 0 atom stereocenters. The first-order chi connectivity index (χ1) is 14.8. The second kappa shape index (κ2) is 10.3. The highest BCUT2D eigenvalue weighted by atomic mass is 35.5. The molecule has 0 aliphatic rings. The molecule has 3 aromatic carbocycles. The zero-order valence-electron chi connectivity index (χ0n) is 16.3. The van der Waals surface area contributed by atoms with Crippen LogP contribution >= 0.6 is 35.0 Å². The highest BCUT2D eigenvalue weighted by molar-refractivity contribution is 7.98. The largest absolute Gasteiger partial charge is 0.482 e. The Bertz CT molecular complexity index is 1190. The molecule has 3 rings (SSSR count). The van der Waals surface area contributed by atoms with Crippen molar-refractivity contribution in [2.45, 2.75) is 9.79 Å². The quantitative estimate of drug-likeness (QED) is 0.400. The molecule has 0 spiro atoms. The molecule has 6 nitrogen and oxygen atoms in total. The summed E-state index contributed by atoms with van der Waals surface area (Å²) in [6.45, 7) is -0.279. The van der Waals surface area contributed by atoms with Crippen LogP contribution < -0.4 is 14.8 Å². The van der Waals surface area contributed by atoms with E-state index in [9.17, 15) is 13.2 Å². The van der Waals surface area contributed by atoms with E-state index in [0.717, 1.165) is 4.90 Å². The van der Waals surface area contributed by atoms with Gasteiger partial charge in [-0.3, -0.25) is 9.52 Å². The van der Waals surface area contributed by atoms with E-state index in [4.69, 9.17) is 27.9 Å². The SMILES string of the molecule is CSc1cccc(NC(=O)COc2ccc(S(=O)(=O)Nc3ccc(Cl)cc3)cc2Cl)c1. The van der Waals surface area contributed by atoms with Crippen LogP contribution in [0.2, 0.25) is 10.0 Å². The van der Waals surface area contributed by atoms with Gasteiger partial charge in [0.1, 0.15) is 5.75 Å². The van der Waals surface area contributed by atoms with E-state index < -0.39 is 10.0 Å². The lowest BCUT2D eigenvalue weighted by atomic mass is 10.3. The van der Waals surface area contributed by atoms with Crippen LogP contribution in [-0.2, 0) is 14.8 Å². The average molecular weight is 497 g/mol. The van der Waals surface area contributed by atoms with Gasteiger partial charge in [-0.1, -0.05) is 29.3 Å². The molecule has 10 heteroatoms. The lowest BCUT2D eigenvalue weighted by Gasteiger charge is -2.12.